The largest absolute Gasteiger partial charge is 0.394 e. The molecule has 1 aliphatic rings. The van der Waals surface area contributed by atoms with E-state index >= 15 is 0 Å². The van der Waals surface area contributed by atoms with E-state index in [0.29, 0.717) is 17.7 Å². The summed E-state index contributed by atoms with van der Waals surface area (Å²) in [6.45, 7) is 7.10. The van der Waals surface area contributed by atoms with Crippen LogP contribution in [0.25, 0.3) is 0 Å². The number of rotatable bonds is 25. The summed E-state index contributed by atoms with van der Waals surface area (Å²) in [5.74, 6) is -4.95. The maximum absolute atomic E-state index is 14.6. The molecule has 1 saturated carbocycles. The molecule has 0 radical (unpaired) electrons. The Morgan fingerprint density at radius 1 is 0.769 bits per heavy atom. The lowest BCUT2D eigenvalue weighted by Gasteiger charge is -2.34. The van der Waals surface area contributed by atoms with Crippen LogP contribution < -0.4 is 43.8 Å². The average Bonchev–Trinajstić information content (AvgIpc) is 3.25. The molecule has 2 rings (SSSR count). The first-order valence-corrected chi connectivity index (χ1v) is 23.4. The first-order chi connectivity index (χ1) is 30.5. The van der Waals surface area contributed by atoms with Gasteiger partial charge in [-0.15, -0.1) is 0 Å². The summed E-state index contributed by atoms with van der Waals surface area (Å²) in [5.41, 5.74) is 16.2. The number of aliphatic hydroxyl groups is 1. The van der Waals surface area contributed by atoms with Gasteiger partial charge in [0.25, 0.3) is 0 Å². The SMILES string of the molecule is CSCC[C@H](NC(=O)[C@H](c1ccccc1)N(C)C(=O)[C@H](CCCN=C(N)N)NC(=O)[C@H](CC1CCCCC1)NC(C)=O)C(=O)N(C)[C@@H](C)C(=O)N[C@@H](CO)C(=O)N[C@H](C(N)=O)C(C)(C)C. The Morgan fingerprint density at radius 3 is 1.86 bits per heavy atom. The number of aliphatic imine (C=N–C) groups is 1. The quantitative estimate of drug-likeness (QED) is 0.0349. The zero-order chi connectivity index (χ0) is 49.0. The van der Waals surface area contributed by atoms with Gasteiger partial charge < -0.3 is 58.7 Å². The minimum absolute atomic E-state index is 0.0751. The number of nitrogens with one attached hydrogen (secondary N) is 5. The second-order valence-electron chi connectivity index (χ2n) is 17.7. The summed E-state index contributed by atoms with van der Waals surface area (Å²) in [4.78, 5) is 114. The van der Waals surface area contributed by atoms with E-state index in [2.05, 4.69) is 31.6 Å². The Labute approximate surface area is 387 Å². The lowest BCUT2D eigenvalue weighted by molar-refractivity contribution is -0.145. The molecular formula is C44H73N11O9S. The van der Waals surface area contributed by atoms with E-state index in [1.54, 1.807) is 51.1 Å². The van der Waals surface area contributed by atoms with Gasteiger partial charge in [0.05, 0.1) is 6.61 Å². The molecule has 12 N–H and O–H groups in total. The second kappa shape index (κ2) is 27.1. The van der Waals surface area contributed by atoms with Crippen LogP contribution in [0.1, 0.15) is 104 Å². The van der Waals surface area contributed by atoms with Gasteiger partial charge >= 0.3 is 0 Å². The normalized spacial score (nSPS) is 16.1. The van der Waals surface area contributed by atoms with Crippen molar-refractivity contribution in [2.45, 2.75) is 135 Å². The molecule has 0 aliphatic heterocycles. The zero-order valence-electron chi connectivity index (χ0n) is 39.2. The number of guanidine groups is 1. The molecule has 1 aromatic carbocycles. The van der Waals surface area contributed by atoms with Crippen molar-refractivity contribution in [2.75, 3.05) is 39.3 Å². The molecular weight excluding hydrogens is 859 g/mol. The second-order valence-corrected chi connectivity index (χ2v) is 18.7. The molecule has 0 bridgehead atoms. The highest BCUT2D eigenvalue weighted by Gasteiger charge is 2.39. The summed E-state index contributed by atoms with van der Waals surface area (Å²) in [5, 5.41) is 23.3. The standard InChI is InChI=1S/C44H73N11O9S/c1-26(37(59)52-33(25-56)39(61)53-35(36(45)58)44(3,4)5)54(6)41(63)31(21-23-65-8)51-40(62)34(29-18-13-10-14-19-29)55(7)42(64)30(20-15-22-48-43(46)47)50-38(60)32(49-27(2)57)24-28-16-11-9-12-17-28/h10,13-14,18-19,26,28,30-35,56H,9,11-12,15-17,20-25H2,1-8H3,(H2,45,58)(H,49,57)(H,50,60)(H,51,62)(H,52,59)(H,53,61)(H4,46,47,48)/t26-,30-,31-,32-,33-,34-,35+/m0/s1. The number of primary amides is 1. The van der Waals surface area contributed by atoms with Crippen molar-refractivity contribution in [3.05, 3.63) is 35.9 Å². The molecule has 0 heterocycles. The summed E-state index contributed by atoms with van der Waals surface area (Å²) in [6, 6.07) is -0.00318. The Bertz CT molecular complexity index is 1800. The monoisotopic (exact) mass is 932 g/mol. The Balaban J connectivity index is 2.43. The van der Waals surface area contributed by atoms with E-state index in [4.69, 9.17) is 17.2 Å². The maximum Gasteiger partial charge on any atom is 0.248 e. The molecule has 0 aromatic heterocycles. The predicted molar refractivity (Wildman–Crippen MR) is 249 cm³/mol. The molecule has 20 nitrogen and oxygen atoms in total. The van der Waals surface area contributed by atoms with Gasteiger partial charge in [-0.25, -0.2) is 0 Å². The molecule has 364 valence electrons. The van der Waals surface area contributed by atoms with Gasteiger partial charge in [-0.2, -0.15) is 11.8 Å². The van der Waals surface area contributed by atoms with Gasteiger partial charge in [-0.05, 0) is 61.5 Å². The van der Waals surface area contributed by atoms with Crippen molar-refractivity contribution in [1.82, 2.24) is 36.4 Å². The van der Waals surface area contributed by atoms with Crippen LogP contribution >= 0.6 is 11.8 Å². The summed E-state index contributed by atoms with van der Waals surface area (Å²) in [7, 11) is 2.77. The number of thioether (sulfide) groups is 1. The third-order valence-electron chi connectivity index (χ3n) is 11.4. The van der Waals surface area contributed by atoms with Gasteiger partial charge in [-0.1, -0.05) is 83.2 Å². The van der Waals surface area contributed by atoms with E-state index in [0.717, 1.165) is 37.0 Å². The van der Waals surface area contributed by atoms with Crippen molar-refractivity contribution >= 4 is 65.0 Å². The Hall–Kier alpha value is -5.44. The molecule has 65 heavy (non-hydrogen) atoms. The topological polar surface area (TPSA) is 314 Å². The van der Waals surface area contributed by atoms with Gasteiger partial charge in [0.15, 0.2) is 5.96 Å². The minimum atomic E-state index is -1.49. The van der Waals surface area contributed by atoms with E-state index in [1.165, 1.54) is 44.6 Å². The first kappa shape index (κ1) is 55.7. The number of hydrogen-bond donors (Lipinski definition) is 9. The van der Waals surface area contributed by atoms with Crippen LogP contribution in [0.2, 0.25) is 0 Å². The predicted octanol–water partition coefficient (Wildman–Crippen LogP) is -0.222. The van der Waals surface area contributed by atoms with Crippen LogP contribution in [-0.2, 0) is 38.4 Å². The Kier molecular flexibility index (Phi) is 23.2. The molecule has 1 aromatic rings. The van der Waals surface area contributed by atoms with E-state index in [-0.39, 0.29) is 37.7 Å². The molecule has 1 aliphatic carbocycles. The van der Waals surface area contributed by atoms with Gasteiger partial charge in [0.1, 0.15) is 42.3 Å². The van der Waals surface area contributed by atoms with E-state index in [9.17, 15) is 43.5 Å². The number of nitrogens with zero attached hydrogens (tertiary/aromatic N) is 3. The zero-order valence-corrected chi connectivity index (χ0v) is 40.0. The fourth-order valence-corrected chi connectivity index (χ4v) is 8.10. The van der Waals surface area contributed by atoms with Gasteiger partial charge in [-0.3, -0.25) is 43.3 Å². The molecule has 21 heteroatoms. The van der Waals surface area contributed by atoms with E-state index in [1.807, 2.05) is 6.26 Å². The van der Waals surface area contributed by atoms with Crippen molar-refractivity contribution in [2.24, 2.45) is 33.5 Å². The minimum Gasteiger partial charge on any atom is -0.394 e. The number of carbonyl (C=O) groups excluding carboxylic acids is 8. The van der Waals surface area contributed by atoms with Crippen LogP contribution in [0.15, 0.2) is 35.3 Å². The summed E-state index contributed by atoms with van der Waals surface area (Å²) in [6.07, 6.45) is 7.69. The highest BCUT2D eigenvalue weighted by molar-refractivity contribution is 7.98. The third kappa shape index (κ3) is 18.2. The first-order valence-electron chi connectivity index (χ1n) is 22.0. The Morgan fingerprint density at radius 2 is 1.32 bits per heavy atom. The molecule has 7 atom stereocenters. The lowest BCUT2D eigenvalue weighted by atomic mass is 9.84. The fraction of sp³-hybridized carbons (Fsp3) is 0.659. The maximum atomic E-state index is 14.6. The number of amides is 8. The molecule has 0 saturated heterocycles. The number of aliphatic hydroxyl groups excluding tert-OH is 1. The van der Waals surface area contributed by atoms with Crippen molar-refractivity contribution in [3.8, 4) is 0 Å². The number of hydrogen-bond acceptors (Lipinski definition) is 11. The number of benzene rings is 1. The highest BCUT2D eigenvalue weighted by atomic mass is 32.2. The summed E-state index contributed by atoms with van der Waals surface area (Å²) < 4.78 is 0. The number of carbonyl (C=O) groups is 8. The van der Waals surface area contributed by atoms with Crippen LogP contribution in [0.4, 0.5) is 0 Å². The number of nitrogens with two attached hydrogens (primary N) is 3. The number of likely N-dealkylation sites (N-methyl/N-ethyl adjacent to an activating group) is 2. The summed E-state index contributed by atoms with van der Waals surface area (Å²) >= 11 is 1.41. The molecule has 8 amide bonds. The van der Waals surface area contributed by atoms with Crippen LogP contribution in [0, 0.1) is 11.3 Å². The molecule has 1 fully saturated rings. The van der Waals surface area contributed by atoms with Crippen molar-refractivity contribution < 1.29 is 43.5 Å². The van der Waals surface area contributed by atoms with Crippen LogP contribution in [0.5, 0.6) is 0 Å². The third-order valence-corrected chi connectivity index (χ3v) is 12.1. The molecule has 0 unspecified atom stereocenters. The van der Waals surface area contributed by atoms with E-state index < -0.39 is 102 Å². The van der Waals surface area contributed by atoms with Crippen LogP contribution in [-0.4, -0.2) is 144 Å². The van der Waals surface area contributed by atoms with Gasteiger partial charge in [0.2, 0.25) is 47.3 Å². The van der Waals surface area contributed by atoms with Gasteiger partial charge in [0, 0.05) is 27.6 Å². The smallest absolute Gasteiger partial charge is 0.248 e. The fourth-order valence-electron chi connectivity index (χ4n) is 7.63. The highest BCUT2D eigenvalue weighted by Crippen LogP contribution is 2.28. The van der Waals surface area contributed by atoms with Crippen LogP contribution in [0.3, 0.4) is 0 Å². The molecule has 0 spiro atoms. The van der Waals surface area contributed by atoms with Crippen molar-refractivity contribution in [1.29, 1.82) is 0 Å². The average molecular weight is 932 g/mol. The van der Waals surface area contributed by atoms with Crippen molar-refractivity contribution in [3.63, 3.8) is 0 Å². The lowest BCUT2D eigenvalue weighted by Crippen LogP contribution is -2.60.